The summed E-state index contributed by atoms with van der Waals surface area (Å²) < 4.78 is 0. The molecule has 0 aromatic heterocycles. The van der Waals surface area contributed by atoms with Crippen LogP contribution in [0.4, 0.5) is 0 Å². The van der Waals surface area contributed by atoms with Gasteiger partial charge in [-0.15, -0.1) is 0 Å². The zero-order valence-corrected chi connectivity index (χ0v) is 12.5. The number of carbonyl (C=O) groups is 2. The Hall–Kier alpha value is -1.10. The van der Waals surface area contributed by atoms with Crippen molar-refractivity contribution in [1.82, 2.24) is 15.5 Å². The van der Waals surface area contributed by atoms with E-state index in [0.717, 1.165) is 19.3 Å². The summed E-state index contributed by atoms with van der Waals surface area (Å²) in [5, 5.41) is 6.14. The molecule has 1 saturated heterocycles. The second kappa shape index (κ2) is 7.48. The molecule has 1 heterocycles. The summed E-state index contributed by atoms with van der Waals surface area (Å²) >= 11 is 0. The first-order chi connectivity index (χ1) is 8.93. The Labute approximate surface area is 116 Å². The van der Waals surface area contributed by atoms with Gasteiger partial charge in [0, 0.05) is 18.6 Å². The SMILES string of the molecule is CCN(CC(=O)NC(C)C)C(=O)C1CCCC(C)N1. The van der Waals surface area contributed by atoms with Gasteiger partial charge in [-0.1, -0.05) is 0 Å². The third-order valence-corrected chi connectivity index (χ3v) is 3.39. The number of hydrogen-bond acceptors (Lipinski definition) is 3. The van der Waals surface area contributed by atoms with E-state index in [-0.39, 0.29) is 30.4 Å². The minimum absolute atomic E-state index is 0.0490. The maximum atomic E-state index is 12.4. The highest BCUT2D eigenvalue weighted by molar-refractivity contribution is 5.87. The summed E-state index contributed by atoms with van der Waals surface area (Å²) in [5.41, 5.74) is 0. The van der Waals surface area contributed by atoms with Gasteiger partial charge in [0.25, 0.3) is 0 Å². The molecule has 110 valence electrons. The molecule has 2 unspecified atom stereocenters. The number of nitrogens with one attached hydrogen (secondary N) is 2. The highest BCUT2D eigenvalue weighted by atomic mass is 16.2. The predicted octanol–water partition coefficient (Wildman–Crippen LogP) is 0.890. The average Bonchev–Trinajstić information content (AvgIpc) is 2.34. The Morgan fingerprint density at radius 3 is 2.58 bits per heavy atom. The van der Waals surface area contributed by atoms with Gasteiger partial charge in [-0.25, -0.2) is 0 Å². The zero-order chi connectivity index (χ0) is 14.4. The number of likely N-dealkylation sites (N-methyl/N-ethyl adjacent to an activating group) is 1. The van der Waals surface area contributed by atoms with Crippen molar-refractivity contribution >= 4 is 11.8 Å². The van der Waals surface area contributed by atoms with Gasteiger partial charge in [0.1, 0.15) is 0 Å². The molecule has 0 aromatic rings. The van der Waals surface area contributed by atoms with E-state index in [4.69, 9.17) is 0 Å². The van der Waals surface area contributed by atoms with E-state index >= 15 is 0 Å². The molecule has 2 atom stereocenters. The van der Waals surface area contributed by atoms with Gasteiger partial charge in [0.2, 0.25) is 11.8 Å². The molecule has 0 aromatic carbocycles. The second-order valence-electron chi connectivity index (χ2n) is 5.63. The lowest BCUT2D eigenvalue weighted by Gasteiger charge is -2.32. The number of hydrogen-bond donors (Lipinski definition) is 2. The van der Waals surface area contributed by atoms with Crippen LogP contribution in [0, 0.1) is 0 Å². The lowest BCUT2D eigenvalue weighted by atomic mass is 9.98. The van der Waals surface area contributed by atoms with Gasteiger partial charge in [-0.05, 0) is 47.0 Å². The van der Waals surface area contributed by atoms with E-state index in [0.29, 0.717) is 12.6 Å². The molecule has 0 bridgehead atoms. The van der Waals surface area contributed by atoms with Crippen molar-refractivity contribution in [3.63, 3.8) is 0 Å². The Balaban J connectivity index is 2.53. The molecule has 0 spiro atoms. The van der Waals surface area contributed by atoms with Gasteiger partial charge >= 0.3 is 0 Å². The van der Waals surface area contributed by atoms with E-state index in [1.54, 1.807) is 4.90 Å². The van der Waals surface area contributed by atoms with E-state index < -0.39 is 0 Å². The van der Waals surface area contributed by atoms with Crippen LogP contribution in [0.25, 0.3) is 0 Å². The monoisotopic (exact) mass is 269 g/mol. The molecule has 0 radical (unpaired) electrons. The molecule has 0 aliphatic carbocycles. The minimum Gasteiger partial charge on any atom is -0.352 e. The first-order valence-electron chi connectivity index (χ1n) is 7.28. The van der Waals surface area contributed by atoms with Crippen molar-refractivity contribution in [2.75, 3.05) is 13.1 Å². The summed E-state index contributed by atoms with van der Waals surface area (Å²) in [7, 11) is 0. The fourth-order valence-electron chi connectivity index (χ4n) is 2.44. The molecular weight excluding hydrogens is 242 g/mol. The maximum Gasteiger partial charge on any atom is 0.240 e. The maximum absolute atomic E-state index is 12.4. The molecule has 2 N–H and O–H groups in total. The summed E-state index contributed by atoms with van der Waals surface area (Å²) in [6.07, 6.45) is 3.05. The van der Waals surface area contributed by atoms with E-state index in [9.17, 15) is 9.59 Å². The van der Waals surface area contributed by atoms with Crippen molar-refractivity contribution < 1.29 is 9.59 Å². The average molecular weight is 269 g/mol. The van der Waals surface area contributed by atoms with Gasteiger partial charge in [0.05, 0.1) is 12.6 Å². The number of nitrogens with zero attached hydrogens (tertiary/aromatic N) is 1. The van der Waals surface area contributed by atoms with Crippen LogP contribution in [0.2, 0.25) is 0 Å². The van der Waals surface area contributed by atoms with Crippen molar-refractivity contribution in [2.24, 2.45) is 0 Å². The van der Waals surface area contributed by atoms with Crippen molar-refractivity contribution in [3.05, 3.63) is 0 Å². The fraction of sp³-hybridized carbons (Fsp3) is 0.857. The van der Waals surface area contributed by atoms with Crippen molar-refractivity contribution in [1.29, 1.82) is 0 Å². The minimum atomic E-state index is -0.129. The number of carbonyl (C=O) groups excluding carboxylic acids is 2. The van der Waals surface area contributed by atoms with E-state index in [1.165, 1.54) is 0 Å². The van der Waals surface area contributed by atoms with Gasteiger partial charge in [0.15, 0.2) is 0 Å². The Morgan fingerprint density at radius 1 is 1.37 bits per heavy atom. The van der Waals surface area contributed by atoms with Crippen LogP contribution in [-0.2, 0) is 9.59 Å². The van der Waals surface area contributed by atoms with Gasteiger partial charge in [-0.3, -0.25) is 9.59 Å². The molecule has 19 heavy (non-hydrogen) atoms. The molecular formula is C14H27N3O2. The molecule has 0 saturated carbocycles. The van der Waals surface area contributed by atoms with Gasteiger partial charge < -0.3 is 15.5 Å². The molecule has 5 heteroatoms. The summed E-state index contributed by atoms with van der Waals surface area (Å²) in [4.78, 5) is 25.8. The lowest BCUT2D eigenvalue weighted by Crippen LogP contribution is -2.53. The van der Waals surface area contributed by atoms with Crippen LogP contribution >= 0.6 is 0 Å². The van der Waals surface area contributed by atoms with Crippen LogP contribution in [0.1, 0.15) is 47.0 Å². The standard InChI is InChI=1S/C14H27N3O2/c1-5-17(9-13(18)15-10(2)3)14(19)12-8-6-7-11(4)16-12/h10-12,16H,5-9H2,1-4H3,(H,15,18). The third-order valence-electron chi connectivity index (χ3n) is 3.39. The van der Waals surface area contributed by atoms with Crippen LogP contribution in [0.3, 0.4) is 0 Å². The number of amides is 2. The van der Waals surface area contributed by atoms with E-state index in [1.807, 2.05) is 20.8 Å². The lowest BCUT2D eigenvalue weighted by molar-refractivity contribution is -0.138. The Morgan fingerprint density at radius 2 is 2.05 bits per heavy atom. The summed E-state index contributed by atoms with van der Waals surface area (Å²) in [5.74, 6) is -0.0398. The van der Waals surface area contributed by atoms with Crippen LogP contribution in [0.15, 0.2) is 0 Å². The van der Waals surface area contributed by atoms with Gasteiger partial charge in [-0.2, -0.15) is 0 Å². The van der Waals surface area contributed by atoms with Crippen LogP contribution in [-0.4, -0.2) is 47.9 Å². The topological polar surface area (TPSA) is 61.4 Å². The molecule has 1 rings (SSSR count). The number of piperidine rings is 1. The van der Waals surface area contributed by atoms with Crippen molar-refractivity contribution in [3.8, 4) is 0 Å². The Kier molecular flexibility index (Phi) is 6.28. The van der Waals surface area contributed by atoms with Crippen LogP contribution < -0.4 is 10.6 Å². The summed E-state index contributed by atoms with van der Waals surface area (Å²) in [6, 6.07) is 0.357. The molecule has 1 aliphatic rings. The largest absolute Gasteiger partial charge is 0.352 e. The highest BCUT2D eigenvalue weighted by Crippen LogP contribution is 2.14. The quantitative estimate of drug-likeness (QED) is 0.779. The molecule has 1 fully saturated rings. The molecule has 2 amide bonds. The highest BCUT2D eigenvalue weighted by Gasteiger charge is 2.28. The van der Waals surface area contributed by atoms with E-state index in [2.05, 4.69) is 17.6 Å². The normalized spacial score (nSPS) is 23.2. The summed E-state index contributed by atoms with van der Waals surface area (Å²) in [6.45, 7) is 8.56. The number of rotatable bonds is 5. The van der Waals surface area contributed by atoms with Crippen LogP contribution in [0.5, 0.6) is 0 Å². The predicted molar refractivity (Wildman–Crippen MR) is 75.8 cm³/mol. The molecule has 5 nitrogen and oxygen atoms in total. The first-order valence-corrected chi connectivity index (χ1v) is 7.28. The Bertz CT molecular complexity index is 318. The first kappa shape index (κ1) is 16.0. The zero-order valence-electron chi connectivity index (χ0n) is 12.5. The molecule has 1 aliphatic heterocycles. The smallest absolute Gasteiger partial charge is 0.240 e. The fourth-order valence-corrected chi connectivity index (χ4v) is 2.44. The third kappa shape index (κ3) is 5.19. The van der Waals surface area contributed by atoms with Crippen molar-refractivity contribution in [2.45, 2.75) is 65.1 Å². The second-order valence-corrected chi connectivity index (χ2v) is 5.63.